The van der Waals surface area contributed by atoms with Gasteiger partial charge in [0, 0.05) is 0 Å². The molecule has 1 heterocycles. The molecule has 22 heavy (non-hydrogen) atoms. The SMILES string of the molecule is Cc1ccccc1/C=C1\SC(=O)N(CC(=O)OC(C)C)C1=O. The van der Waals surface area contributed by atoms with Gasteiger partial charge in [-0.1, -0.05) is 24.3 Å². The summed E-state index contributed by atoms with van der Waals surface area (Å²) in [4.78, 5) is 37.0. The molecule has 1 aliphatic heterocycles. The molecule has 5 nitrogen and oxygen atoms in total. The second-order valence-electron chi connectivity index (χ2n) is 5.16. The molecule has 0 bridgehead atoms. The highest BCUT2D eigenvalue weighted by Gasteiger charge is 2.36. The Kier molecular flexibility index (Phi) is 5.03. The van der Waals surface area contributed by atoms with Crippen LogP contribution in [0.1, 0.15) is 25.0 Å². The number of benzene rings is 1. The summed E-state index contributed by atoms with van der Waals surface area (Å²) in [6.07, 6.45) is 1.39. The van der Waals surface area contributed by atoms with E-state index >= 15 is 0 Å². The molecular formula is C16H17NO4S. The van der Waals surface area contributed by atoms with Crippen LogP contribution in [0.3, 0.4) is 0 Å². The number of thioether (sulfide) groups is 1. The van der Waals surface area contributed by atoms with Crippen molar-refractivity contribution in [2.24, 2.45) is 0 Å². The summed E-state index contributed by atoms with van der Waals surface area (Å²) in [5.41, 5.74) is 1.88. The molecule has 0 radical (unpaired) electrons. The van der Waals surface area contributed by atoms with Crippen LogP contribution in [0.4, 0.5) is 4.79 Å². The number of carbonyl (C=O) groups excluding carboxylic acids is 3. The van der Waals surface area contributed by atoms with E-state index in [4.69, 9.17) is 4.74 Å². The van der Waals surface area contributed by atoms with Gasteiger partial charge in [0.25, 0.3) is 11.1 Å². The van der Waals surface area contributed by atoms with Crippen molar-refractivity contribution in [1.82, 2.24) is 4.90 Å². The Bertz CT molecular complexity index is 651. The number of hydrogen-bond donors (Lipinski definition) is 0. The first kappa shape index (κ1) is 16.3. The van der Waals surface area contributed by atoms with Gasteiger partial charge in [-0.15, -0.1) is 0 Å². The van der Waals surface area contributed by atoms with E-state index in [-0.39, 0.29) is 12.6 Å². The van der Waals surface area contributed by atoms with Gasteiger partial charge in [0.1, 0.15) is 6.54 Å². The third-order valence-electron chi connectivity index (χ3n) is 3.00. The van der Waals surface area contributed by atoms with Gasteiger partial charge in [-0.05, 0) is 49.7 Å². The quantitative estimate of drug-likeness (QED) is 0.630. The van der Waals surface area contributed by atoms with Crippen molar-refractivity contribution in [3.63, 3.8) is 0 Å². The number of imide groups is 1. The van der Waals surface area contributed by atoms with E-state index in [0.717, 1.165) is 27.8 Å². The number of aryl methyl sites for hydroxylation is 1. The van der Waals surface area contributed by atoms with Crippen molar-refractivity contribution < 1.29 is 19.1 Å². The molecule has 1 aliphatic rings. The first-order valence-corrected chi connectivity index (χ1v) is 7.70. The maximum absolute atomic E-state index is 12.3. The monoisotopic (exact) mass is 319 g/mol. The third-order valence-corrected chi connectivity index (χ3v) is 3.91. The van der Waals surface area contributed by atoms with Crippen LogP contribution in [0.15, 0.2) is 29.2 Å². The molecule has 1 fully saturated rings. The molecule has 0 atom stereocenters. The first-order chi connectivity index (χ1) is 10.4. The van der Waals surface area contributed by atoms with E-state index in [1.165, 1.54) is 0 Å². The molecule has 0 saturated carbocycles. The average Bonchev–Trinajstić information content (AvgIpc) is 2.68. The van der Waals surface area contributed by atoms with E-state index in [0.29, 0.717) is 4.91 Å². The summed E-state index contributed by atoms with van der Waals surface area (Å²) in [7, 11) is 0. The third kappa shape index (κ3) is 3.76. The van der Waals surface area contributed by atoms with Gasteiger partial charge in [-0.25, -0.2) is 0 Å². The highest BCUT2D eigenvalue weighted by molar-refractivity contribution is 8.18. The molecule has 2 amide bonds. The van der Waals surface area contributed by atoms with Crippen molar-refractivity contribution in [2.75, 3.05) is 6.54 Å². The summed E-state index contributed by atoms with van der Waals surface area (Å²) in [6.45, 7) is 5.00. The van der Waals surface area contributed by atoms with Crippen molar-refractivity contribution in [1.29, 1.82) is 0 Å². The molecular weight excluding hydrogens is 302 g/mol. The van der Waals surface area contributed by atoms with E-state index in [9.17, 15) is 14.4 Å². The lowest BCUT2D eigenvalue weighted by molar-refractivity contribution is -0.149. The largest absolute Gasteiger partial charge is 0.462 e. The van der Waals surface area contributed by atoms with E-state index in [1.54, 1.807) is 19.9 Å². The fourth-order valence-electron chi connectivity index (χ4n) is 1.96. The average molecular weight is 319 g/mol. The van der Waals surface area contributed by atoms with E-state index in [2.05, 4.69) is 0 Å². The standard InChI is InChI=1S/C16H17NO4S/c1-10(2)21-14(18)9-17-15(19)13(22-16(17)20)8-12-7-5-4-6-11(12)3/h4-8,10H,9H2,1-3H3/b13-8-. The minimum atomic E-state index is -0.588. The molecule has 0 unspecified atom stereocenters. The lowest BCUT2D eigenvalue weighted by Gasteiger charge is -2.13. The number of nitrogens with zero attached hydrogens (tertiary/aromatic N) is 1. The van der Waals surface area contributed by atoms with Crippen LogP contribution in [0.25, 0.3) is 6.08 Å². The van der Waals surface area contributed by atoms with Gasteiger partial charge in [0.05, 0.1) is 11.0 Å². The van der Waals surface area contributed by atoms with Crippen LogP contribution >= 0.6 is 11.8 Å². The zero-order chi connectivity index (χ0) is 16.3. The zero-order valence-corrected chi connectivity index (χ0v) is 13.5. The highest BCUT2D eigenvalue weighted by Crippen LogP contribution is 2.32. The number of rotatable bonds is 4. The Morgan fingerprint density at radius 2 is 2.00 bits per heavy atom. The van der Waals surface area contributed by atoms with Crippen molar-refractivity contribution in [2.45, 2.75) is 26.9 Å². The van der Waals surface area contributed by atoms with Gasteiger partial charge in [0.2, 0.25) is 0 Å². The first-order valence-electron chi connectivity index (χ1n) is 6.89. The fourth-order valence-corrected chi connectivity index (χ4v) is 2.78. The Morgan fingerprint density at radius 1 is 1.32 bits per heavy atom. The molecule has 0 aromatic heterocycles. The zero-order valence-electron chi connectivity index (χ0n) is 12.7. The van der Waals surface area contributed by atoms with E-state index < -0.39 is 17.1 Å². The highest BCUT2D eigenvalue weighted by atomic mass is 32.2. The van der Waals surface area contributed by atoms with Gasteiger partial charge in [-0.2, -0.15) is 0 Å². The smallest absolute Gasteiger partial charge is 0.326 e. The topological polar surface area (TPSA) is 63.7 Å². The Labute approximate surface area is 133 Å². The van der Waals surface area contributed by atoms with Crippen molar-refractivity contribution >= 4 is 35.0 Å². The van der Waals surface area contributed by atoms with Gasteiger partial charge >= 0.3 is 5.97 Å². The summed E-state index contributed by atoms with van der Waals surface area (Å²) in [5, 5.41) is -0.453. The summed E-state index contributed by atoms with van der Waals surface area (Å²) in [5.74, 6) is -1.05. The second-order valence-corrected chi connectivity index (χ2v) is 6.16. The molecule has 0 aliphatic carbocycles. The minimum Gasteiger partial charge on any atom is -0.462 e. The number of esters is 1. The number of carbonyl (C=O) groups is 3. The van der Waals surface area contributed by atoms with Crippen molar-refractivity contribution in [3.8, 4) is 0 Å². The summed E-state index contributed by atoms with van der Waals surface area (Å²) in [6, 6.07) is 7.57. The number of hydrogen-bond acceptors (Lipinski definition) is 5. The molecule has 6 heteroatoms. The van der Waals surface area contributed by atoms with Gasteiger partial charge < -0.3 is 4.74 Å². The van der Waals surface area contributed by atoms with Crippen LogP contribution < -0.4 is 0 Å². The Morgan fingerprint density at radius 3 is 2.64 bits per heavy atom. The Balaban J connectivity index is 2.15. The fraction of sp³-hybridized carbons (Fsp3) is 0.312. The lowest BCUT2D eigenvalue weighted by Crippen LogP contribution is -2.35. The second kappa shape index (κ2) is 6.79. The number of amides is 2. The van der Waals surface area contributed by atoms with Crippen molar-refractivity contribution in [3.05, 3.63) is 40.3 Å². The predicted molar refractivity (Wildman–Crippen MR) is 85.1 cm³/mol. The van der Waals surface area contributed by atoms with Gasteiger partial charge in [0.15, 0.2) is 0 Å². The predicted octanol–water partition coefficient (Wildman–Crippen LogP) is 2.98. The molecule has 0 spiro atoms. The molecule has 1 aromatic carbocycles. The van der Waals surface area contributed by atoms with Crippen LogP contribution in [0.2, 0.25) is 0 Å². The summed E-state index contributed by atoms with van der Waals surface area (Å²) < 4.78 is 4.97. The van der Waals surface area contributed by atoms with Crippen LogP contribution in [0.5, 0.6) is 0 Å². The molecule has 2 rings (SSSR count). The molecule has 1 saturated heterocycles. The number of ether oxygens (including phenoxy) is 1. The normalized spacial score (nSPS) is 16.7. The maximum Gasteiger partial charge on any atom is 0.326 e. The van der Waals surface area contributed by atoms with Crippen LogP contribution in [-0.2, 0) is 14.3 Å². The van der Waals surface area contributed by atoms with E-state index in [1.807, 2.05) is 31.2 Å². The van der Waals surface area contributed by atoms with Gasteiger partial charge in [-0.3, -0.25) is 19.3 Å². The summed E-state index contributed by atoms with van der Waals surface area (Å²) >= 11 is 0.837. The van der Waals surface area contributed by atoms with Crippen LogP contribution in [0, 0.1) is 6.92 Å². The molecule has 1 aromatic rings. The molecule has 0 N–H and O–H groups in total. The minimum absolute atomic E-state index is 0.282. The Hall–Kier alpha value is -2.08. The van der Waals surface area contributed by atoms with Crippen LogP contribution in [-0.4, -0.2) is 34.7 Å². The lowest BCUT2D eigenvalue weighted by atomic mass is 10.1. The maximum atomic E-state index is 12.3. The molecule has 116 valence electrons.